The number of nitrogens with one attached hydrogen (secondary N) is 2. The molecule has 1 aliphatic heterocycles. The summed E-state index contributed by atoms with van der Waals surface area (Å²) in [5, 5.41) is 14.5. The highest BCUT2D eigenvalue weighted by atomic mass is 32.2. The van der Waals surface area contributed by atoms with E-state index in [9.17, 15) is 9.59 Å². The van der Waals surface area contributed by atoms with Gasteiger partial charge in [0.15, 0.2) is 5.17 Å². The van der Waals surface area contributed by atoms with Crippen LogP contribution in [0, 0.1) is 23.7 Å². The maximum Gasteiger partial charge on any atom is 0.240 e. The number of hydrogen-bond donors (Lipinski definition) is 2. The van der Waals surface area contributed by atoms with Gasteiger partial charge in [-0.2, -0.15) is 5.10 Å². The standard InChI is InChI=1S/C22H28N4O2S/c1-13-5-7-15(8-6-13)23-18(27)12-16-19(28)24-20(29-16)26-25-17-11-14-9-10-22(17,4)21(14,2)3/h5-8,14,16H,9-12H2,1-4H3,(H,23,27)(H,24,26,28). The number of nitrogens with zero attached hydrogens (tertiary/aromatic N) is 2. The summed E-state index contributed by atoms with van der Waals surface area (Å²) in [7, 11) is 0. The average Bonchev–Trinajstić information content (AvgIpc) is 3.18. The first-order valence-electron chi connectivity index (χ1n) is 10.2. The van der Waals surface area contributed by atoms with Crippen LogP contribution in [0.5, 0.6) is 0 Å². The summed E-state index contributed by atoms with van der Waals surface area (Å²) in [6.07, 6.45) is 3.49. The Hall–Kier alpha value is -2.15. The van der Waals surface area contributed by atoms with Crippen molar-refractivity contribution in [1.29, 1.82) is 0 Å². The molecule has 0 spiro atoms. The molecule has 1 saturated heterocycles. The molecule has 0 radical (unpaired) electrons. The molecular weight excluding hydrogens is 384 g/mol. The smallest absolute Gasteiger partial charge is 0.240 e. The Kier molecular flexibility index (Phi) is 5.05. The first kappa shape index (κ1) is 20.1. The Bertz CT molecular complexity index is 906. The van der Waals surface area contributed by atoms with Crippen LogP contribution in [0.3, 0.4) is 0 Å². The molecule has 6 nitrogen and oxygen atoms in total. The summed E-state index contributed by atoms with van der Waals surface area (Å²) >= 11 is 1.28. The zero-order chi connectivity index (χ0) is 20.8. The molecule has 154 valence electrons. The number of carbonyl (C=O) groups excluding carboxylic acids is 2. The molecule has 2 amide bonds. The van der Waals surface area contributed by atoms with Gasteiger partial charge in [0.1, 0.15) is 5.25 Å². The Morgan fingerprint density at radius 1 is 1.24 bits per heavy atom. The maximum atomic E-state index is 12.3. The van der Waals surface area contributed by atoms with Crippen molar-refractivity contribution in [2.45, 2.75) is 58.6 Å². The first-order chi connectivity index (χ1) is 13.7. The number of thioether (sulfide) groups is 1. The number of fused-ring (bicyclic) bond motifs is 2. The lowest BCUT2D eigenvalue weighted by Gasteiger charge is -2.34. The van der Waals surface area contributed by atoms with E-state index in [0.717, 1.165) is 29.8 Å². The molecule has 1 aromatic carbocycles. The summed E-state index contributed by atoms with van der Waals surface area (Å²) < 4.78 is 0. The molecule has 3 fully saturated rings. The predicted octanol–water partition coefficient (Wildman–Crippen LogP) is 4.11. The summed E-state index contributed by atoms with van der Waals surface area (Å²) in [5.74, 6) is 0.291. The average molecular weight is 413 g/mol. The molecule has 2 N–H and O–H groups in total. The van der Waals surface area contributed by atoms with Gasteiger partial charge in [-0.3, -0.25) is 9.59 Å². The highest BCUT2D eigenvalue weighted by Crippen LogP contribution is 2.64. The van der Waals surface area contributed by atoms with Crippen LogP contribution in [-0.2, 0) is 9.59 Å². The molecule has 1 heterocycles. The van der Waals surface area contributed by atoms with Gasteiger partial charge in [0.05, 0.1) is 0 Å². The second-order valence-electron chi connectivity index (χ2n) is 9.16. The van der Waals surface area contributed by atoms with Gasteiger partial charge in [0.25, 0.3) is 0 Å². The zero-order valence-electron chi connectivity index (χ0n) is 17.4. The number of hydrogen-bond acceptors (Lipinski definition) is 5. The van der Waals surface area contributed by atoms with Crippen molar-refractivity contribution in [3.8, 4) is 0 Å². The van der Waals surface area contributed by atoms with Crippen molar-refractivity contribution < 1.29 is 9.59 Å². The molecule has 0 aromatic heterocycles. The van der Waals surface area contributed by atoms with E-state index < -0.39 is 5.25 Å². The maximum absolute atomic E-state index is 12.3. The summed E-state index contributed by atoms with van der Waals surface area (Å²) in [6.45, 7) is 8.94. The van der Waals surface area contributed by atoms with Gasteiger partial charge in [-0.15, -0.1) is 5.10 Å². The minimum absolute atomic E-state index is 0.0856. The van der Waals surface area contributed by atoms with E-state index in [1.165, 1.54) is 18.2 Å². The normalized spacial score (nSPS) is 32.8. The molecule has 2 aliphatic carbocycles. The van der Waals surface area contributed by atoms with Crippen molar-refractivity contribution in [2.75, 3.05) is 5.32 Å². The lowest BCUT2D eigenvalue weighted by atomic mass is 9.70. The quantitative estimate of drug-likeness (QED) is 0.730. The zero-order valence-corrected chi connectivity index (χ0v) is 18.2. The number of aryl methyl sites for hydroxylation is 1. The van der Waals surface area contributed by atoms with Gasteiger partial charge < -0.3 is 10.6 Å². The van der Waals surface area contributed by atoms with Crippen molar-refractivity contribution in [3.63, 3.8) is 0 Å². The molecule has 29 heavy (non-hydrogen) atoms. The second kappa shape index (κ2) is 7.27. The van der Waals surface area contributed by atoms with E-state index >= 15 is 0 Å². The third-order valence-electron chi connectivity index (χ3n) is 7.26. The summed E-state index contributed by atoms with van der Waals surface area (Å²) in [4.78, 5) is 24.6. The van der Waals surface area contributed by atoms with E-state index in [1.807, 2.05) is 31.2 Å². The molecule has 7 heteroatoms. The van der Waals surface area contributed by atoms with Crippen LogP contribution in [-0.4, -0.2) is 27.9 Å². The Balaban J connectivity index is 1.38. The fourth-order valence-electron chi connectivity index (χ4n) is 4.79. The first-order valence-corrected chi connectivity index (χ1v) is 11.1. The molecule has 3 aliphatic rings. The van der Waals surface area contributed by atoms with Crippen LogP contribution < -0.4 is 10.6 Å². The Morgan fingerprint density at radius 2 is 1.97 bits per heavy atom. The van der Waals surface area contributed by atoms with Crippen LogP contribution in [0.2, 0.25) is 0 Å². The van der Waals surface area contributed by atoms with Gasteiger partial charge >= 0.3 is 0 Å². The lowest BCUT2D eigenvalue weighted by Crippen LogP contribution is -2.32. The van der Waals surface area contributed by atoms with Crippen molar-refractivity contribution in [2.24, 2.45) is 27.0 Å². The molecular formula is C22H28N4O2S. The second-order valence-corrected chi connectivity index (χ2v) is 10.4. The van der Waals surface area contributed by atoms with Gasteiger partial charge in [-0.1, -0.05) is 50.2 Å². The minimum Gasteiger partial charge on any atom is -0.326 e. The largest absolute Gasteiger partial charge is 0.326 e. The number of amidine groups is 1. The third kappa shape index (κ3) is 3.61. The van der Waals surface area contributed by atoms with Gasteiger partial charge in [-0.25, -0.2) is 0 Å². The van der Waals surface area contributed by atoms with E-state index in [1.54, 1.807) is 0 Å². The van der Waals surface area contributed by atoms with Crippen molar-refractivity contribution in [3.05, 3.63) is 29.8 Å². The molecule has 2 saturated carbocycles. The monoisotopic (exact) mass is 412 g/mol. The van der Waals surface area contributed by atoms with Crippen molar-refractivity contribution in [1.82, 2.24) is 5.32 Å². The van der Waals surface area contributed by atoms with Crippen LogP contribution in [0.4, 0.5) is 5.69 Å². The summed E-state index contributed by atoms with van der Waals surface area (Å²) in [6, 6.07) is 7.59. The highest BCUT2D eigenvalue weighted by molar-refractivity contribution is 8.15. The number of carbonyl (C=O) groups is 2. The van der Waals surface area contributed by atoms with E-state index in [4.69, 9.17) is 0 Å². The molecule has 4 rings (SSSR count). The van der Waals surface area contributed by atoms with Crippen LogP contribution in [0.1, 0.15) is 52.0 Å². The van der Waals surface area contributed by atoms with Gasteiger partial charge in [0, 0.05) is 23.2 Å². The van der Waals surface area contributed by atoms with Gasteiger partial charge in [0.2, 0.25) is 11.8 Å². The fourth-order valence-corrected chi connectivity index (χ4v) is 5.71. The topological polar surface area (TPSA) is 82.9 Å². The van der Waals surface area contributed by atoms with Crippen molar-refractivity contribution >= 4 is 40.1 Å². The van der Waals surface area contributed by atoms with Crippen LogP contribution in [0.15, 0.2) is 34.5 Å². The van der Waals surface area contributed by atoms with Gasteiger partial charge in [-0.05, 0) is 49.7 Å². The third-order valence-corrected chi connectivity index (χ3v) is 8.33. The SMILES string of the molecule is Cc1ccc(NC(=O)CC2S/C(=N\N=C3CC4CCC3(C)C4(C)C)NC2=O)cc1. The van der Waals surface area contributed by atoms with Crippen LogP contribution >= 0.6 is 11.8 Å². The molecule has 1 aromatic rings. The summed E-state index contributed by atoms with van der Waals surface area (Å²) in [5.41, 5.74) is 3.33. The number of rotatable bonds is 4. The Morgan fingerprint density at radius 3 is 2.59 bits per heavy atom. The van der Waals surface area contributed by atoms with E-state index in [0.29, 0.717) is 11.1 Å². The lowest BCUT2D eigenvalue weighted by molar-refractivity contribution is -0.122. The molecule has 3 unspecified atom stereocenters. The predicted molar refractivity (Wildman–Crippen MR) is 118 cm³/mol. The number of amides is 2. The minimum atomic E-state index is -0.480. The highest BCUT2D eigenvalue weighted by Gasteiger charge is 2.60. The molecule has 3 atom stereocenters. The molecule has 2 bridgehead atoms. The Labute approximate surface area is 176 Å². The van der Waals surface area contributed by atoms with E-state index in [2.05, 4.69) is 41.6 Å². The van der Waals surface area contributed by atoms with E-state index in [-0.39, 0.29) is 29.1 Å². The number of anilines is 1. The number of benzene rings is 1. The van der Waals surface area contributed by atoms with Crippen LogP contribution in [0.25, 0.3) is 0 Å². The fraction of sp³-hybridized carbons (Fsp3) is 0.545.